The van der Waals surface area contributed by atoms with E-state index in [9.17, 15) is 23.6 Å². The van der Waals surface area contributed by atoms with Crippen molar-refractivity contribution in [2.75, 3.05) is 6.61 Å². The molecule has 2 aromatic rings. The van der Waals surface area contributed by atoms with Crippen molar-refractivity contribution >= 4 is 23.8 Å². The Hall–Kier alpha value is -3.75. The summed E-state index contributed by atoms with van der Waals surface area (Å²) < 4.78 is 18.4. The van der Waals surface area contributed by atoms with Crippen molar-refractivity contribution in [1.29, 1.82) is 0 Å². The molecule has 0 aliphatic carbocycles. The number of rotatable bonds is 6. The summed E-state index contributed by atoms with van der Waals surface area (Å²) in [5, 5.41) is 3.18. The number of halogens is 1. The highest BCUT2D eigenvalue weighted by Crippen LogP contribution is 2.31. The molecule has 9 heteroatoms. The monoisotopic (exact) mass is 413 g/mol. The molecule has 0 bridgehead atoms. The van der Waals surface area contributed by atoms with Crippen LogP contribution < -0.4 is 10.7 Å². The molecule has 30 heavy (non-hydrogen) atoms. The molecule has 1 aliphatic heterocycles. The second-order valence-corrected chi connectivity index (χ2v) is 6.77. The Morgan fingerprint density at radius 3 is 2.50 bits per heavy atom. The van der Waals surface area contributed by atoms with Crippen molar-refractivity contribution in [2.24, 2.45) is 0 Å². The zero-order valence-corrected chi connectivity index (χ0v) is 16.4. The first-order valence-electron chi connectivity index (χ1n) is 9.23. The van der Waals surface area contributed by atoms with E-state index in [4.69, 9.17) is 4.74 Å². The molecule has 1 saturated heterocycles. The van der Waals surface area contributed by atoms with Crippen LogP contribution in [-0.2, 0) is 19.9 Å². The zero-order valence-electron chi connectivity index (χ0n) is 16.4. The number of amides is 4. The highest BCUT2D eigenvalue weighted by atomic mass is 19.1. The van der Waals surface area contributed by atoms with E-state index in [1.807, 2.05) is 0 Å². The number of hydrogen-bond donors (Lipinski definition) is 2. The largest absolute Gasteiger partial charge is 0.452 e. The number of benzene rings is 2. The Labute approximate surface area is 172 Å². The van der Waals surface area contributed by atoms with Gasteiger partial charge in [0.05, 0.1) is 5.56 Å². The summed E-state index contributed by atoms with van der Waals surface area (Å²) in [5.74, 6) is -3.03. The minimum atomic E-state index is -1.30. The fourth-order valence-electron chi connectivity index (χ4n) is 3.13. The molecule has 2 aromatic carbocycles. The fraction of sp³-hybridized carbons (Fsp3) is 0.238. The van der Waals surface area contributed by atoms with Gasteiger partial charge in [0.2, 0.25) is 0 Å². The number of aryl methyl sites for hydroxylation is 1. The van der Waals surface area contributed by atoms with Crippen LogP contribution in [0.4, 0.5) is 9.18 Å². The van der Waals surface area contributed by atoms with E-state index in [1.165, 1.54) is 12.1 Å². The van der Waals surface area contributed by atoms with Crippen LogP contribution in [0.25, 0.3) is 0 Å². The standard InChI is InChI=1S/C21H20FN3O5/c1-3-21(15-7-5-4-6-8-15)19(28)25(20(29)23-21)24-17(26)12-30-18(27)14-10-9-13(2)16(22)11-14/h4-11H,3,12H2,1-2H3,(H,23,29)(H,24,26)/t21-/m1/s1. The number of esters is 1. The second kappa shape index (κ2) is 8.32. The van der Waals surface area contributed by atoms with E-state index in [-0.39, 0.29) is 12.0 Å². The van der Waals surface area contributed by atoms with Gasteiger partial charge in [-0.2, -0.15) is 5.01 Å². The highest BCUT2D eigenvalue weighted by Gasteiger charge is 2.52. The maximum atomic E-state index is 13.6. The minimum Gasteiger partial charge on any atom is -0.452 e. The van der Waals surface area contributed by atoms with E-state index in [0.717, 1.165) is 6.07 Å². The average Bonchev–Trinajstić information content (AvgIpc) is 2.99. The zero-order chi connectivity index (χ0) is 21.9. The number of hydrogen-bond acceptors (Lipinski definition) is 5. The summed E-state index contributed by atoms with van der Waals surface area (Å²) in [6, 6.07) is 11.6. The normalized spacial score (nSPS) is 18.2. The SMILES string of the molecule is CC[C@]1(c2ccccc2)NC(=O)N(NC(=O)COC(=O)c2ccc(C)c(F)c2)C1=O. The molecule has 3 rings (SSSR count). The van der Waals surface area contributed by atoms with Crippen LogP contribution in [-0.4, -0.2) is 35.4 Å². The van der Waals surface area contributed by atoms with Crippen LogP contribution in [0.1, 0.15) is 34.8 Å². The highest BCUT2D eigenvalue weighted by molar-refractivity contribution is 6.08. The molecule has 0 saturated carbocycles. The quantitative estimate of drug-likeness (QED) is 0.558. The summed E-state index contributed by atoms with van der Waals surface area (Å²) in [6.45, 7) is 2.52. The number of nitrogens with one attached hydrogen (secondary N) is 2. The Morgan fingerprint density at radius 2 is 1.87 bits per heavy atom. The molecule has 1 fully saturated rings. The van der Waals surface area contributed by atoms with Crippen LogP contribution in [0.2, 0.25) is 0 Å². The van der Waals surface area contributed by atoms with Gasteiger partial charge in [0.1, 0.15) is 11.4 Å². The van der Waals surface area contributed by atoms with Crippen molar-refractivity contribution in [3.05, 3.63) is 71.0 Å². The molecule has 0 aromatic heterocycles. The molecular weight excluding hydrogens is 393 g/mol. The Kier molecular flexibility index (Phi) is 5.81. The number of hydrazine groups is 1. The van der Waals surface area contributed by atoms with Crippen LogP contribution in [0.15, 0.2) is 48.5 Å². The lowest BCUT2D eigenvalue weighted by Crippen LogP contribution is -2.49. The summed E-state index contributed by atoms with van der Waals surface area (Å²) in [6.07, 6.45) is 0.266. The van der Waals surface area contributed by atoms with Gasteiger partial charge < -0.3 is 10.1 Å². The molecule has 156 valence electrons. The lowest BCUT2D eigenvalue weighted by Gasteiger charge is -2.25. The van der Waals surface area contributed by atoms with Crippen LogP contribution in [0.5, 0.6) is 0 Å². The third-order valence-corrected chi connectivity index (χ3v) is 4.87. The van der Waals surface area contributed by atoms with E-state index in [1.54, 1.807) is 44.2 Å². The average molecular weight is 413 g/mol. The number of urea groups is 1. The fourth-order valence-corrected chi connectivity index (χ4v) is 3.13. The predicted molar refractivity (Wildman–Crippen MR) is 103 cm³/mol. The molecule has 1 aliphatic rings. The van der Waals surface area contributed by atoms with Crippen molar-refractivity contribution in [3.8, 4) is 0 Å². The number of nitrogens with zero attached hydrogens (tertiary/aromatic N) is 1. The summed E-state index contributed by atoms with van der Waals surface area (Å²) in [7, 11) is 0. The molecule has 8 nitrogen and oxygen atoms in total. The van der Waals surface area contributed by atoms with Gasteiger partial charge in [-0.05, 0) is 36.6 Å². The van der Waals surface area contributed by atoms with Gasteiger partial charge in [-0.25, -0.2) is 14.0 Å². The molecular formula is C21H20FN3O5. The van der Waals surface area contributed by atoms with Crippen LogP contribution in [0.3, 0.4) is 0 Å². The summed E-state index contributed by atoms with van der Waals surface area (Å²) >= 11 is 0. The van der Waals surface area contributed by atoms with Gasteiger partial charge in [-0.3, -0.25) is 15.0 Å². The van der Waals surface area contributed by atoms with E-state index in [0.29, 0.717) is 16.1 Å². The maximum absolute atomic E-state index is 13.6. The second-order valence-electron chi connectivity index (χ2n) is 6.77. The molecule has 0 unspecified atom stereocenters. The Morgan fingerprint density at radius 1 is 1.17 bits per heavy atom. The Balaban J connectivity index is 1.65. The molecule has 0 radical (unpaired) electrons. The summed E-state index contributed by atoms with van der Waals surface area (Å²) in [5.41, 5.74) is 1.72. The molecule has 4 amide bonds. The van der Waals surface area contributed by atoms with Gasteiger partial charge in [0, 0.05) is 0 Å². The first-order valence-corrected chi connectivity index (χ1v) is 9.23. The van der Waals surface area contributed by atoms with Crippen molar-refractivity contribution < 1.29 is 28.3 Å². The van der Waals surface area contributed by atoms with E-state index < -0.39 is 41.8 Å². The van der Waals surface area contributed by atoms with Crippen LogP contribution >= 0.6 is 0 Å². The molecule has 2 N–H and O–H groups in total. The van der Waals surface area contributed by atoms with E-state index >= 15 is 0 Å². The van der Waals surface area contributed by atoms with Crippen molar-refractivity contribution in [2.45, 2.75) is 25.8 Å². The smallest absolute Gasteiger partial charge is 0.344 e. The number of imide groups is 1. The Bertz CT molecular complexity index is 1010. The summed E-state index contributed by atoms with van der Waals surface area (Å²) in [4.78, 5) is 49.4. The predicted octanol–water partition coefficient (Wildman–Crippen LogP) is 2.18. The number of carbonyl (C=O) groups is 4. The van der Waals surface area contributed by atoms with Gasteiger partial charge in [0.15, 0.2) is 6.61 Å². The number of carbonyl (C=O) groups excluding carboxylic acids is 4. The minimum absolute atomic E-state index is 0.0602. The molecule has 0 spiro atoms. The maximum Gasteiger partial charge on any atom is 0.344 e. The molecule has 1 atom stereocenters. The lowest BCUT2D eigenvalue weighted by molar-refractivity contribution is -0.140. The first-order chi connectivity index (χ1) is 14.3. The van der Waals surface area contributed by atoms with Crippen LogP contribution in [0, 0.1) is 12.7 Å². The topological polar surface area (TPSA) is 105 Å². The van der Waals surface area contributed by atoms with Gasteiger partial charge in [-0.1, -0.05) is 43.3 Å². The van der Waals surface area contributed by atoms with Gasteiger partial charge in [0.25, 0.3) is 11.8 Å². The third-order valence-electron chi connectivity index (χ3n) is 4.87. The van der Waals surface area contributed by atoms with Gasteiger partial charge >= 0.3 is 12.0 Å². The lowest BCUT2D eigenvalue weighted by atomic mass is 9.87. The third kappa shape index (κ3) is 3.86. The van der Waals surface area contributed by atoms with Crippen molar-refractivity contribution in [3.63, 3.8) is 0 Å². The number of ether oxygens (including phenoxy) is 1. The van der Waals surface area contributed by atoms with Crippen molar-refractivity contribution in [1.82, 2.24) is 15.8 Å². The molecule has 1 heterocycles. The first kappa shape index (κ1) is 21.0. The van der Waals surface area contributed by atoms with E-state index in [2.05, 4.69) is 10.7 Å². The van der Waals surface area contributed by atoms with Gasteiger partial charge in [-0.15, -0.1) is 0 Å².